The van der Waals surface area contributed by atoms with Crippen LogP contribution in [0.1, 0.15) is 50.5 Å². The van der Waals surface area contributed by atoms with Gasteiger partial charge in [0.05, 0.1) is 6.61 Å². The second kappa shape index (κ2) is 4.52. The number of ether oxygens (including phenoxy) is 1. The molecule has 19 heavy (non-hydrogen) atoms. The number of aldehydes is 1. The van der Waals surface area contributed by atoms with Crippen LogP contribution in [0.2, 0.25) is 0 Å². The van der Waals surface area contributed by atoms with Gasteiger partial charge < -0.3 is 4.74 Å². The zero-order valence-electron chi connectivity index (χ0n) is 12.4. The quantitative estimate of drug-likeness (QED) is 0.739. The van der Waals surface area contributed by atoms with E-state index < -0.39 is 0 Å². The third-order valence-electron chi connectivity index (χ3n) is 3.54. The molecule has 1 aliphatic heterocycles. The number of benzene rings is 1. The summed E-state index contributed by atoms with van der Waals surface area (Å²) in [6.07, 6.45) is 0.863. The van der Waals surface area contributed by atoms with Crippen molar-refractivity contribution in [3.05, 3.63) is 41.0 Å². The van der Waals surface area contributed by atoms with E-state index in [1.165, 1.54) is 5.57 Å². The molecule has 0 bridgehead atoms. The van der Waals surface area contributed by atoms with Crippen molar-refractivity contribution in [2.24, 2.45) is 10.8 Å². The summed E-state index contributed by atoms with van der Waals surface area (Å²) in [6, 6.07) is 7.60. The van der Waals surface area contributed by atoms with E-state index in [1.54, 1.807) is 0 Å². The first-order valence-electron chi connectivity index (χ1n) is 6.69. The van der Waals surface area contributed by atoms with Crippen molar-refractivity contribution in [2.75, 3.05) is 6.61 Å². The molecule has 1 aliphatic rings. The predicted molar refractivity (Wildman–Crippen MR) is 77.9 cm³/mol. The molecule has 1 heterocycles. The molecule has 0 unspecified atom stereocenters. The average molecular weight is 258 g/mol. The van der Waals surface area contributed by atoms with Crippen LogP contribution >= 0.6 is 0 Å². The second-order valence-corrected chi connectivity index (χ2v) is 6.87. The van der Waals surface area contributed by atoms with Gasteiger partial charge in [0.25, 0.3) is 0 Å². The zero-order chi connectivity index (χ0) is 14.3. The summed E-state index contributed by atoms with van der Waals surface area (Å²) in [5.74, 6) is 0.981. The van der Waals surface area contributed by atoms with E-state index in [0.717, 1.165) is 17.6 Å². The minimum atomic E-state index is 0.0525. The summed E-state index contributed by atoms with van der Waals surface area (Å²) < 4.78 is 5.96. The maximum absolute atomic E-state index is 10.7. The van der Waals surface area contributed by atoms with Gasteiger partial charge in [0.2, 0.25) is 0 Å². The summed E-state index contributed by atoms with van der Waals surface area (Å²) in [7, 11) is 0. The van der Waals surface area contributed by atoms with Gasteiger partial charge in [-0.25, -0.2) is 0 Å². The van der Waals surface area contributed by atoms with E-state index >= 15 is 0 Å². The first kappa shape index (κ1) is 13.9. The topological polar surface area (TPSA) is 26.3 Å². The Hall–Kier alpha value is -1.57. The molecule has 2 nitrogen and oxygen atoms in total. The molecule has 2 heteroatoms. The summed E-state index contributed by atoms with van der Waals surface area (Å²) in [5, 5.41) is 0. The first-order chi connectivity index (χ1) is 8.75. The highest BCUT2D eigenvalue weighted by Crippen LogP contribution is 2.49. The highest BCUT2D eigenvalue weighted by atomic mass is 16.5. The molecular weight excluding hydrogens is 236 g/mol. The fourth-order valence-electron chi connectivity index (χ4n) is 3.00. The number of carbonyl (C=O) groups excluding carboxylic acids is 1. The minimum absolute atomic E-state index is 0.0525. The van der Waals surface area contributed by atoms with Crippen LogP contribution in [0.5, 0.6) is 0 Å². The van der Waals surface area contributed by atoms with Crippen molar-refractivity contribution in [1.82, 2.24) is 0 Å². The number of hydrogen-bond donors (Lipinski definition) is 0. The molecule has 1 aromatic rings. The van der Waals surface area contributed by atoms with Crippen LogP contribution in [0.3, 0.4) is 0 Å². The fourth-order valence-corrected chi connectivity index (χ4v) is 3.00. The van der Waals surface area contributed by atoms with Crippen molar-refractivity contribution < 1.29 is 9.53 Å². The van der Waals surface area contributed by atoms with Crippen molar-refractivity contribution in [3.63, 3.8) is 0 Å². The molecule has 0 aromatic heterocycles. The monoisotopic (exact) mass is 258 g/mol. The molecule has 0 saturated carbocycles. The summed E-state index contributed by atoms with van der Waals surface area (Å²) in [6.45, 7) is 11.8. The van der Waals surface area contributed by atoms with Gasteiger partial charge in [-0.05, 0) is 11.0 Å². The molecule has 0 aliphatic carbocycles. The van der Waals surface area contributed by atoms with Crippen LogP contribution in [-0.2, 0) is 4.74 Å². The molecule has 0 amide bonds. The third-order valence-corrected chi connectivity index (χ3v) is 3.54. The lowest BCUT2D eigenvalue weighted by Crippen LogP contribution is -2.24. The average Bonchev–Trinajstić information content (AvgIpc) is 2.65. The van der Waals surface area contributed by atoms with Crippen LogP contribution in [-0.4, -0.2) is 12.9 Å². The van der Waals surface area contributed by atoms with Gasteiger partial charge in [0.15, 0.2) is 0 Å². The van der Waals surface area contributed by atoms with Crippen molar-refractivity contribution in [3.8, 4) is 0 Å². The first-order valence-corrected chi connectivity index (χ1v) is 6.69. The normalized spacial score (nSPS) is 18.4. The lowest BCUT2D eigenvalue weighted by Gasteiger charge is -2.30. The largest absolute Gasteiger partial charge is 0.492 e. The van der Waals surface area contributed by atoms with Gasteiger partial charge in [-0.2, -0.15) is 0 Å². The molecule has 0 atom stereocenters. The van der Waals surface area contributed by atoms with Crippen molar-refractivity contribution in [2.45, 2.75) is 34.6 Å². The highest BCUT2D eigenvalue weighted by molar-refractivity contribution is 5.76. The van der Waals surface area contributed by atoms with Crippen molar-refractivity contribution in [1.29, 1.82) is 0 Å². The van der Waals surface area contributed by atoms with E-state index in [0.29, 0.717) is 12.2 Å². The SMILES string of the molecule is CC(C)(C)C1=C(c2ccc(C=O)cc2)OCC1(C)C. The maximum Gasteiger partial charge on any atom is 0.150 e. The van der Waals surface area contributed by atoms with Gasteiger partial charge in [0, 0.05) is 16.5 Å². The Labute approximate surface area is 115 Å². The summed E-state index contributed by atoms with van der Waals surface area (Å²) >= 11 is 0. The molecular formula is C17H22O2. The molecule has 0 N–H and O–H groups in total. The maximum atomic E-state index is 10.7. The van der Waals surface area contributed by atoms with Crippen LogP contribution in [0.25, 0.3) is 5.76 Å². The number of rotatable bonds is 2. The lowest BCUT2D eigenvalue weighted by molar-refractivity contribution is 0.112. The lowest BCUT2D eigenvalue weighted by atomic mass is 9.71. The summed E-state index contributed by atoms with van der Waals surface area (Å²) in [4.78, 5) is 10.7. The third kappa shape index (κ3) is 2.58. The van der Waals surface area contributed by atoms with Crippen LogP contribution in [0.15, 0.2) is 29.8 Å². The number of hydrogen-bond acceptors (Lipinski definition) is 2. The Morgan fingerprint density at radius 3 is 2.21 bits per heavy atom. The standard InChI is InChI=1S/C17H22O2/c1-16(2,3)15-14(19-11-17(15,4)5)13-8-6-12(10-18)7-9-13/h6-10H,11H2,1-5H3. The van der Waals surface area contributed by atoms with Gasteiger partial charge in [-0.15, -0.1) is 0 Å². The summed E-state index contributed by atoms with van der Waals surface area (Å²) in [5.41, 5.74) is 3.22. The van der Waals surface area contributed by atoms with E-state index in [-0.39, 0.29) is 10.8 Å². The van der Waals surface area contributed by atoms with Crippen LogP contribution < -0.4 is 0 Å². The Kier molecular flexibility index (Phi) is 3.29. The smallest absolute Gasteiger partial charge is 0.150 e. The molecule has 0 radical (unpaired) electrons. The van der Waals surface area contributed by atoms with Gasteiger partial charge >= 0.3 is 0 Å². The molecule has 2 rings (SSSR count). The van der Waals surface area contributed by atoms with E-state index in [4.69, 9.17) is 4.74 Å². The molecule has 102 valence electrons. The molecule has 1 aromatic carbocycles. The number of carbonyl (C=O) groups is 1. The van der Waals surface area contributed by atoms with Crippen LogP contribution in [0.4, 0.5) is 0 Å². The van der Waals surface area contributed by atoms with E-state index in [1.807, 2.05) is 24.3 Å². The van der Waals surface area contributed by atoms with Gasteiger partial charge in [-0.1, -0.05) is 58.9 Å². The highest BCUT2D eigenvalue weighted by Gasteiger charge is 2.41. The Bertz CT molecular complexity index is 513. The van der Waals surface area contributed by atoms with E-state index in [9.17, 15) is 4.79 Å². The predicted octanol–water partition coefficient (Wildman–Crippen LogP) is 4.31. The van der Waals surface area contributed by atoms with Crippen molar-refractivity contribution >= 4 is 12.0 Å². The molecule has 0 spiro atoms. The Balaban J connectivity index is 2.53. The van der Waals surface area contributed by atoms with Gasteiger partial charge in [-0.3, -0.25) is 4.79 Å². The fraction of sp³-hybridized carbons (Fsp3) is 0.471. The van der Waals surface area contributed by atoms with Crippen LogP contribution in [0, 0.1) is 10.8 Å². The van der Waals surface area contributed by atoms with E-state index in [2.05, 4.69) is 34.6 Å². The second-order valence-electron chi connectivity index (χ2n) is 6.87. The zero-order valence-corrected chi connectivity index (χ0v) is 12.4. The Morgan fingerprint density at radius 1 is 1.16 bits per heavy atom. The molecule has 0 fully saturated rings. The van der Waals surface area contributed by atoms with Gasteiger partial charge in [0.1, 0.15) is 12.0 Å². The minimum Gasteiger partial charge on any atom is -0.492 e. The molecule has 0 saturated heterocycles. The Morgan fingerprint density at radius 2 is 1.74 bits per heavy atom.